The molecular weight excluding hydrogens is 460 g/mol. The lowest BCUT2D eigenvalue weighted by atomic mass is 9.94. The number of likely N-dealkylation sites (tertiary alicyclic amines) is 1. The van der Waals surface area contributed by atoms with Gasteiger partial charge in [0, 0.05) is 26.3 Å². The molecule has 0 radical (unpaired) electrons. The van der Waals surface area contributed by atoms with Gasteiger partial charge in [-0.3, -0.25) is 9.59 Å². The van der Waals surface area contributed by atoms with Crippen LogP contribution in [0.4, 0.5) is 5.69 Å². The van der Waals surface area contributed by atoms with E-state index in [-0.39, 0.29) is 24.7 Å². The standard InChI is InChI=1S/C28H26N2O6/c1-29(2)19-11-9-18(10-12-19)25-24(26(31)20-6-4-5-7-21(20)34-3)27(32)28(33)30(25)15-17-8-13-22-23(14-17)36-16-35-22/h4-14,25,31H,15-16H2,1-3H3/b26-24+. The summed E-state index contributed by atoms with van der Waals surface area (Å²) in [5.41, 5.74) is 2.81. The number of Topliss-reactive ketones (excluding diaryl/α,β-unsaturated/α-hetero) is 1. The molecule has 2 aliphatic heterocycles. The number of hydrogen-bond acceptors (Lipinski definition) is 7. The fourth-order valence-electron chi connectivity index (χ4n) is 4.57. The van der Waals surface area contributed by atoms with Crippen molar-refractivity contribution < 1.29 is 28.9 Å². The van der Waals surface area contributed by atoms with E-state index < -0.39 is 17.7 Å². The largest absolute Gasteiger partial charge is 0.507 e. The monoisotopic (exact) mass is 486 g/mol. The molecule has 1 fully saturated rings. The number of hydrogen-bond donors (Lipinski definition) is 1. The Hall–Kier alpha value is -4.46. The van der Waals surface area contributed by atoms with Gasteiger partial charge in [-0.15, -0.1) is 0 Å². The van der Waals surface area contributed by atoms with E-state index in [1.54, 1.807) is 36.4 Å². The third-order valence-electron chi connectivity index (χ3n) is 6.42. The molecule has 184 valence electrons. The summed E-state index contributed by atoms with van der Waals surface area (Å²) in [7, 11) is 5.35. The maximum Gasteiger partial charge on any atom is 0.295 e. The average Bonchev–Trinajstić information content (AvgIpc) is 3.46. The van der Waals surface area contributed by atoms with Crippen molar-refractivity contribution >= 4 is 23.1 Å². The first-order chi connectivity index (χ1) is 17.4. The molecule has 36 heavy (non-hydrogen) atoms. The minimum Gasteiger partial charge on any atom is -0.507 e. The van der Waals surface area contributed by atoms with Gasteiger partial charge < -0.3 is 29.1 Å². The third-order valence-corrected chi connectivity index (χ3v) is 6.42. The number of rotatable bonds is 6. The Kier molecular flexibility index (Phi) is 6.01. The van der Waals surface area contributed by atoms with E-state index in [2.05, 4.69) is 0 Å². The van der Waals surface area contributed by atoms with Crippen LogP contribution in [0.25, 0.3) is 5.76 Å². The van der Waals surface area contributed by atoms with Crippen molar-refractivity contribution in [3.8, 4) is 17.2 Å². The molecule has 0 bridgehead atoms. The van der Waals surface area contributed by atoms with Gasteiger partial charge in [0.05, 0.1) is 24.3 Å². The van der Waals surface area contributed by atoms with Crippen molar-refractivity contribution in [2.75, 3.05) is 32.9 Å². The number of carbonyl (C=O) groups excluding carboxylic acids is 2. The summed E-state index contributed by atoms with van der Waals surface area (Å²) in [4.78, 5) is 30.1. The number of ketones is 1. The summed E-state index contributed by atoms with van der Waals surface area (Å²) in [5.74, 6) is -0.0937. The molecule has 0 spiro atoms. The number of anilines is 1. The topological polar surface area (TPSA) is 88.5 Å². The van der Waals surface area contributed by atoms with Gasteiger partial charge in [0.1, 0.15) is 11.5 Å². The quantitative estimate of drug-likeness (QED) is 0.319. The number of amides is 1. The SMILES string of the molecule is COc1ccccc1/C(O)=C1\C(=O)C(=O)N(Cc2ccc3c(c2)OCO3)C1c1ccc(N(C)C)cc1. The second kappa shape index (κ2) is 9.30. The molecule has 1 N–H and O–H groups in total. The molecule has 0 aliphatic carbocycles. The van der Waals surface area contributed by atoms with E-state index >= 15 is 0 Å². The van der Waals surface area contributed by atoms with Gasteiger partial charge >= 0.3 is 0 Å². The van der Waals surface area contributed by atoms with Crippen molar-refractivity contribution in [2.45, 2.75) is 12.6 Å². The van der Waals surface area contributed by atoms with Crippen LogP contribution in [0.5, 0.6) is 17.2 Å². The second-order valence-corrected chi connectivity index (χ2v) is 8.80. The summed E-state index contributed by atoms with van der Waals surface area (Å²) in [6.07, 6.45) is 0. The molecule has 2 heterocycles. The minimum absolute atomic E-state index is 0.0165. The molecule has 0 aromatic heterocycles. The van der Waals surface area contributed by atoms with Crippen LogP contribution in [0.1, 0.15) is 22.7 Å². The molecule has 1 atom stereocenters. The van der Waals surface area contributed by atoms with Crippen LogP contribution in [0, 0.1) is 0 Å². The number of nitrogens with zero attached hydrogens (tertiary/aromatic N) is 2. The van der Waals surface area contributed by atoms with Crippen LogP contribution in [-0.2, 0) is 16.1 Å². The van der Waals surface area contributed by atoms with Gasteiger partial charge in [-0.1, -0.05) is 30.3 Å². The van der Waals surface area contributed by atoms with Crippen LogP contribution in [0.15, 0.2) is 72.3 Å². The van der Waals surface area contributed by atoms with Gasteiger partial charge in [-0.25, -0.2) is 0 Å². The number of ether oxygens (including phenoxy) is 3. The Morgan fingerprint density at radius 1 is 1.03 bits per heavy atom. The number of fused-ring (bicyclic) bond motifs is 1. The van der Waals surface area contributed by atoms with Crippen LogP contribution in [-0.4, -0.2) is 49.7 Å². The lowest BCUT2D eigenvalue weighted by Gasteiger charge is -2.26. The van der Waals surface area contributed by atoms with Crippen molar-refractivity contribution in [3.63, 3.8) is 0 Å². The highest BCUT2D eigenvalue weighted by Gasteiger charge is 2.46. The summed E-state index contributed by atoms with van der Waals surface area (Å²) in [5, 5.41) is 11.4. The highest BCUT2D eigenvalue weighted by molar-refractivity contribution is 6.46. The molecule has 2 aliphatic rings. The maximum atomic E-state index is 13.4. The van der Waals surface area contributed by atoms with Crippen LogP contribution >= 0.6 is 0 Å². The van der Waals surface area contributed by atoms with Gasteiger partial charge in [0.25, 0.3) is 11.7 Å². The summed E-state index contributed by atoms with van der Waals surface area (Å²) < 4.78 is 16.3. The zero-order valence-corrected chi connectivity index (χ0v) is 20.2. The average molecular weight is 487 g/mol. The third kappa shape index (κ3) is 4.00. The molecule has 3 aromatic rings. The molecule has 8 nitrogen and oxygen atoms in total. The van der Waals surface area contributed by atoms with E-state index in [4.69, 9.17) is 14.2 Å². The van der Waals surface area contributed by atoms with E-state index in [1.807, 2.05) is 49.3 Å². The first kappa shape index (κ1) is 23.3. The van der Waals surface area contributed by atoms with Crippen LogP contribution in [0.3, 0.4) is 0 Å². The Morgan fingerprint density at radius 3 is 2.47 bits per heavy atom. The Morgan fingerprint density at radius 2 is 1.75 bits per heavy atom. The Labute approximate surface area is 208 Å². The highest BCUT2D eigenvalue weighted by atomic mass is 16.7. The molecule has 5 rings (SSSR count). The zero-order valence-electron chi connectivity index (χ0n) is 20.2. The predicted molar refractivity (Wildman–Crippen MR) is 134 cm³/mol. The number of para-hydroxylation sites is 1. The molecule has 0 saturated carbocycles. The summed E-state index contributed by atoms with van der Waals surface area (Å²) in [6.45, 7) is 0.282. The molecule has 1 saturated heterocycles. The van der Waals surface area contributed by atoms with E-state index in [1.165, 1.54) is 12.0 Å². The maximum absolute atomic E-state index is 13.4. The molecule has 3 aromatic carbocycles. The van der Waals surface area contributed by atoms with Gasteiger partial charge in [-0.2, -0.15) is 0 Å². The number of methoxy groups -OCH3 is 1. The predicted octanol–water partition coefficient (Wildman–Crippen LogP) is 4.11. The van der Waals surface area contributed by atoms with E-state index in [9.17, 15) is 14.7 Å². The van der Waals surface area contributed by atoms with Crippen LogP contribution < -0.4 is 19.1 Å². The number of aliphatic hydroxyl groups is 1. The highest BCUT2D eigenvalue weighted by Crippen LogP contribution is 2.42. The van der Waals surface area contributed by atoms with Crippen molar-refractivity contribution in [1.82, 2.24) is 4.90 Å². The molecule has 8 heteroatoms. The second-order valence-electron chi connectivity index (χ2n) is 8.80. The van der Waals surface area contributed by atoms with Crippen LogP contribution in [0.2, 0.25) is 0 Å². The van der Waals surface area contributed by atoms with Gasteiger partial charge in [-0.05, 0) is 47.5 Å². The minimum atomic E-state index is -0.795. The smallest absolute Gasteiger partial charge is 0.295 e. The lowest BCUT2D eigenvalue weighted by Crippen LogP contribution is -2.29. The molecule has 1 amide bonds. The Bertz CT molecular complexity index is 1360. The first-order valence-electron chi connectivity index (χ1n) is 11.5. The van der Waals surface area contributed by atoms with Crippen molar-refractivity contribution in [1.29, 1.82) is 0 Å². The Balaban J connectivity index is 1.63. The molecular formula is C28H26N2O6. The van der Waals surface area contributed by atoms with Crippen molar-refractivity contribution in [3.05, 3.63) is 89.0 Å². The van der Waals surface area contributed by atoms with Gasteiger partial charge in [0.15, 0.2) is 11.5 Å². The number of carbonyl (C=O) groups is 2. The number of aliphatic hydroxyl groups excluding tert-OH is 1. The lowest BCUT2D eigenvalue weighted by molar-refractivity contribution is -0.140. The fourth-order valence-corrected chi connectivity index (χ4v) is 4.57. The van der Waals surface area contributed by atoms with E-state index in [0.717, 1.165) is 11.3 Å². The molecule has 1 unspecified atom stereocenters. The fraction of sp³-hybridized carbons (Fsp3) is 0.214. The zero-order chi connectivity index (χ0) is 25.4. The van der Waals surface area contributed by atoms with E-state index in [0.29, 0.717) is 28.4 Å². The number of benzene rings is 3. The van der Waals surface area contributed by atoms with Gasteiger partial charge in [0.2, 0.25) is 6.79 Å². The first-order valence-corrected chi connectivity index (χ1v) is 11.5. The normalized spacial score (nSPS) is 18.0. The van der Waals surface area contributed by atoms with Crippen molar-refractivity contribution in [2.24, 2.45) is 0 Å². The summed E-state index contributed by atoms with van der Waals surface area (Å²) >= 11 is 0. The summed E-state index contributed by atoms with van der Waals surface area (Å²) in [6, 6.07) is 19.0.